The van der Waals surface area contributed by atoms with E-state index in [2.05, 4.69) is 9.71 Å². The first kappa shape index (κ1) is 14.8. The van der Waals surface area contributed by atoms with E-state index in [9.17, 15) is 8.42 Å². The Morgan fingerprint density at radius 2 is 1.62 bits per heavy atom. The molecule has 2 N–H and O–H groups in total. The molecule has 0 saturated heterocycles. The van der Waals surface area contributed by atoms with Gasteiger partial charge in [0, 0.05) is 22.7 Å². The van der Waals surface area contributed by atoms with Crippen LogP contribution in [0.2, 0.25) is 0 Å². The van der Waals surface area contributed by atoms with Crippen LogP contribution in [-0.2, 0) is 10.0 Å². The van der Waals surface area contributed by atoms with Crippen LogP contribution in [0.25, 0.3) is 21.7 Å². The second-order valence-electron chi connectivity index (χ2n) is 5.83. The zero-order valence-corrected chi connectivity index (χ0v) is 13.9. The Labute approximate surface area is 140 Å². The number of fused-ring (bicyclic) bond motifs is 3. The molecule has 0 amide bonds. The van der Waals surface area contributed by atoms with E-state index in [0.717, 1.165) is 21.9 Å². The van der Waals surface area contributed by atoms with E-state index in [1.165, 1.54) is 0 Å². The fourth-order valence-corrected chi connectivity index (χ4v) is 4.13. The number of benzene rings is 3. The topological polar surface area (TPSA) is 62.0 Å². The molecule has 0 atom stereocenters. The Hall–Kier alpha value is -2.79. The molecule has 0 saturated carbocycles. The summed E-state index contributed by atoms with van der Waals surface area (Å²) in [6.45, 7) is 1.96. The molecule has 3 aromatic carbocycles. The molecular formula is C19H16N2O2S. The van der Waals surface area contributed by atoms with Crippen LogP contribution < -0.4 is 4.72 Å². The number of anilines is 1. The predicted molar refractivity (Wildman–Crippen MR) is 97.8 cm³/mol. The van der Waals surface area contributed by atoms with Gasteiger partial charge in [0.25, 0.3) is 10.0 Å². The van der Waals surface area contributed by atoms with Gasteiger partial charge < -0.3 is 4.98 Å². The second-order valence-corrected chi connectivity index (χ2v) is 7.48. The van der Waals surface area contributed by atoms with Gasteiger partial charge in [0.2, 0.25) is 0 Å². The van der Waals surface area contributed by atoms with Crippen LogP contribution in [-0.4, -0.2) is 13.4 Å². The third-order valence-electron chi connectivity index (χ3n) is 4.14. The Kier molecular flexibility index (Phi) is 3.32. The monoisotopic (exact) mass is 336 g/mol. The van der Waals surface area contributed by atoms with Gasteiger partial charge in [-0.2, -0.15) is 0 Å². The summed E-state index contributed by atoms with van der Waals surface area (Å²) in [5.41, 5.74) is 2.46. The molecule has 0 bridgehead atoms. The highest BCUT2D eigenvalue weighted by atomic mass is 32.2. The van der Waals surface area contributed by atoms with Gasteiger partial charge in [-0.25, -0.2) is 8.42 Å². The summed E-state index contributed by atoms with van der Waals surface area (Å²) in [5.74, 6) is 0. The maximum absolute atomic E-state index is 12.8. The number of aromatic nitrogens is 1. The number of rotatable bonds is 3. The van der Waals surface area contributed by atoms with Crippen molar-refractivity contribution in [3.05, 3.63) is 72.4 Å². The summed E-state index contributed by atoms with van der Waals surface area (Å²) in [5, 5.41) is 2.77. The van der Waals surface area contributed by atoms with E-state index in [4.69, 9.17) is 0 Å². The zero-order valence-electron chi connectivity index (χ0n) is 13.1. The molecule has 0 fully saturated rings. The fourth-order valence-electron chi connectivity index (χ4n) is 2.90. The summed E-state index contributed by atoms with van der Waals surface area (Å²) in [4.78, 5) is 3.37. The van der Waals surface area contributed by atoms with Gasteiger partial charge in [0.15, 0.2) is 0 Å². The molecule has 0 aliphatic heterocycles. The number of aromatic amines is 1. The largest absolute Gasteiger partial charge is 0.359 e. The van der Waals surface area contributed by atoms with Gasteiger partial charge in [0.05, 0.1) is 5.52 Å². The highest BCUT2D eigenvalue weighted by Crippen LogP contribution is 2.30. The van der Waals surface area contributed by atoms with E-state index >= 15 is 0 Å². The highest BCUT2D eigenvalue weighted by molar-refractivity contribution is 7.93. The van der Waals surface area contributed by atoms with E-state index in [1.54, 1.807) is 18.3 Å². The van der Waals surface area contributed by atoms with E-state index < -0.39 is 10.0 Å². The molecule has 1 aromatic heterocycles. The van der Waals surface area contributed by atoms with Crippen LogP contribution in [0.5, 0.6) is 0 Å². The molecule has 1 heterocycles. The number of nitrogens with one attached hydrogen (secondary N) is 2. The molecule has 4 aromatic rings. The molecule has 5 heteroatoms. The molecule has 24 heavy (non-hydrogen) atoms. The minimum Gasteiger partial charge on any atom is -0.359 e. The number of aryl methyl sites for hydroxylation is 1. The maximum atomic E-state index is 12.8. The molecule has 4 nitrogen and oxygen atoms in total. The molecule has 0 radical (unpaired) electrons. The summed E-state index contributed by atoms with van der Waals surface area (Å²) >= 11 is 0. The van der Waals surface area contributed by atoms with Crippen LogP contribution in [0.1, 0.15) is 5.56 Å². The predicted octanol–water partition coefficient (Wildman–Crippen LogP) is 4.43. The first-order chi connectivity index (χ1) is 11.5. The van der Waals surface area contributed by atoms with Crippen molar-refractivity contribution >= 4 is 37.4 Å². The standard InChI is InChI=1S/C19H16N2O2S/c1-13-6-9-15(10-7-13)21-24(22,23)18-12-20-19-16-5-3-2-4-14(16)8-11-17(18)19/h2-12,20-21H,1H3. The quantitative estimate of drug-likeness (QED) is 0.581. The summed E-state index contributed by atoms with van der Waals surface area (Å²) in [7, 11) is -3.66. The van der Waals surface area contributed by atoms with E-state index in [0.29, 0.717) is 11.1 Å². The third-order valence-corrected chi connectivity index (χ3v) is 5.56. The lowest BCUT2D eigenvalue weighted by atomic mass is 10.1. The SMILES string of the molecule is Cc1ccc(NS(=O)(=O)c2c[nH]c3c2ccc2ccccc23)cc1. The lowest BCUT2D eigenvalue weighted by Gasteiger charge is -2.08. The number of sulfonamides is 1. The lowest BCUT2D eigenvalue weighted by molar-refractivity contribution is 0.602. The number of hydrogen-bond donors (Lipinski definition) is 2. The Balaban J connectivity index is 1.83. The lowest BCUT2D eigenvalue weighted by Crippen LogP contribution is -2.12. The average Bonchev–Trinajstić information content (AvgIpc) is 3.02. The Bertz CT molecular complexity index is 1140. The van der Waals surface area contributed by atoms with Crippen molar-refractivity contribution in [1.29, 1.82) is 0 Å². The van der Waals surface area contributed by atoms with Crippen LogP contribution >= 0.6 is 0 Å². The molecule has 4 rings (SSSR count). The van der Waals surface area contributed by atoms with Gasteiger partial charge in [-0.15, -0.1) is 0 Å². The normalized spacial score (nSPS) is 11.9. The van der Waals surface area contributed by atoms with Crippen molar-refractivity contribution < 1.29 is 8.42 Å². The molecule has 120 valence electrons. The van der Waals surface area contributed by atoms with Crippen molar-refractivity contribution in [3.63, 3.8) is 0 Å². The summed E-state index contributed by atoms with van der Waals surface area (Å²) in [6.07, 6.45) is 1.55. The summed E-state index contributed by atoms with van der Waals surface area (Å²) < 4.78 is 28.2. The number of hydrogen-bond acceptors (Lipinski definition) is 2. The van der Waals surface area contributed by atoms with Crippen molar-refractivity contribution in [2.75, 3.05) is 4.72 Å². The van der Waals surface area contributed by atoms with Gasteiger partial charge in [-0.3, -0.25) is 4.72 Å². The van der Waals surface area contributed by atoms with Gasteiger partial charge in [-0.05, 0) is 24.4 Å². The van der Waals surface area contributed by atoms with Crippen molar-refractivity contribution in [1.82, 2.24) is 4.98 Å². The molecule has 0 unspecified atom stereocenters. The van der Waals surface area contributed by atoms with Crippen molar-refractivity contribution in [3.8, 4) is 0 Å². The molecule has 0 spiro atoms. The Morgan fingerprint density at radius 3 is 2.42 bits per heavy atom. The minimum absolute atomic E-state index is 0.254. The molecular weight excluding hydrogens is 320 g/mol. The smallest absolute Gasteiger partial charge is 0.264 e. The van der Waals surface area contributed by atoms with E-state index in [1.807, 2.05) is 55.5 Å². The highest BCUT2D eigenvalue weighted by Gasteiger charge is 2.20. The van der Waals surface area contributed by atoms with Crippen LogP contribution in [0.15, 0.2) is 71.8 Å². The van der Waals surface area contributed by atoms with Crippen molar-refractivity contribution in [2.45, 2.75) is 11.8 Å². The van der Waals surface area contributed by atoms with Gasteiger partial charge in [0.1, 0.15) is 4.90 Å². The number of H-pyrrole nitrogens is 1. The first-order valence-electron chi connectivity index (χ1n) is 7.63. The Morgan fingerprint density at radius 1 is 0.875 bits per heavy atom. The second kappa shape index (κ2) is 5.39. The van der Waals surface area contributed by atoms with Gasteiger partial charge in [-0.1, -0.05) is 54.1 Å². The van der Waals surface area contributed by atoms with Crippen molar-refractivity contribution in [2.24, 2.45) is 0 Å². The fraction of sp³-hybridized carbons (Fsp3) is 0.0526. The van der Waals surface area contributed by atoms with E-state index in [-0.39, 0.29) is 4.90 Å². The van der Waals surface area contributed by atoms with Crippen LogP contribution in [0.4, 0.5) is 5.69 Å². The zero-order chi connectivity index (χ0) is 16.7. The molecule has 0 aliphatic rings. The third kappa shape index (κ3) is 2.43. The maximum Gasteiger partial charge on any atom is 0.264 e. The average molecular weight is 336 g/mol. The first-order valence-corrected chi connectivity index (χ1v) is 9.11. The van der Waals surface area contributed by atoms with Crippen LogP contribution in [0, 0.1) is 6.92 Å². The minimum atomic E-state index is -3.66. The van der Waals surface area contributed by atoms with Gasteiger partial charge >= 0.3 is 0 Å². The molecule has 0 aliphatic carbocycles. The van der Waals surface area contributed by atoms with Crippen LogP contribution in [0.3, 0.4) is 0 Å². The summed E-state index contributed by atoms with van der Waals surface area (Å²) in [6, 6.07) is 19.0.